The summed E-state index contributed by atoms with van der Waals surface area (Å²) < 4.78 is 6.07. The number of carbonyl (C=O) groups is 1. The van der Waals surface area contributed by atoms with Gasteiger partial charge in [-0.25, -0.2) is 0 Å². The lowest BCUT2D eigenvalue weighted by Gasteiger charge is -2.40. The fourth-order valence-corrected chi connectivity index (χ4v) is 3.85. The third-order valence-corrected chi connectivity index (χ3v) is 9.30. The number of thioether (sulfide) groups is 1. The maximum absolute atomic E-state index is 12.6. The lowest BCUT2D eigenvalue weighted by atomic mass is 10.1. The Balaban J connectivity index is 5.21. The zero-order valence-corrected chi connectivity index (χ0v) is 17.1. The minimum atomic E-state index is -2.09. The molecule has 0 aromatic heterocycles. The van der Waals surface area contributed by atoms with Crippen LogP contribution in [0.15, 0.2) is 0 Å². The molecule has 0 saturated heterocycles. The normalized spacial score (nSPS) is 16.7. The zero-order chi connectivity index (χ0) is 17.1. The molecule has 0 aromatic carbocycles. The number of aliphatic hydroxyl groups is 1. The van der Waals surface area contributed by atoms with Crippen molar-refractivity contribution in [3.05, 3.63) is 0 Å². The van der Waals surface area contributed by atoms with Gasteiger partial charge in [0.25, 0.3) is 0 Å². The molecule has 0 fully saturated rings. The number of aliphatic hydroxyl groups excluding tert-OH is 1. The second kappa shape index (κ2) is 7.62. The van der Waals surface area contributed by atoms with Crippen LogP contribution in [0, 0.1) is 0 Å². The first-order valence-electron chi connectivity index (χ1n) is 7.80. The molecule has 21 heavy (non-hydrogen) atoms. The SMILES string of the molecule is CCC[C@H](O)[C@H](O[Si](C)(C)C(C)(C)C)C(=O)SC(C)(C)C. The molecule has 5 heteroatoms. The van der Waals surface area contributed by atoms with E-state index in [2.05, 4.69) is 33.9 Å². The summed E-state index contributed by atoms with van der Waals surface area (Å²) in [5.74, 6) is 0. The van der Waals surface area contributed by atoms with Gasteiger partial charge in [0.15, 0.2) is 8.32 Å². The predicted octanol–water partition coefficient (Wildman–Crippen LogP) is 4.60. The summed E-state index contributed by atoms with van der Waals surface area (Å²) in [6.07, 6.45) is 0.00314. The number of hydrogen-bond donors (Lipinski definition) is 1. The highest BCUT2D eigenvalue weighted by Gasteiger charge is 2.43. The van der Waals surface area contributed by atoms with E-state index in [-0.39, 0.29) is 14.9 Å². The molecule has 0 aliphatic carbocycles. The van der Waals surface area contributed by atoms with Crippen LogP contribution < -0.4 is 0 Å². The number of rotatable bonds is 6. The summed E-state index contributed by atoms with van der Waals surface area (Å²) in [5.41, 5.74) is 0. The quantitative estimate of drug-likeness (QED) is 0.721. The molecule has 0 spiro atoms. The van der Waals surface area contributed by atoms with Crippen LogP contribution in [-0.4, -0.2) is 35.5 Å². The first kappa shape index (κ1) is 21.2. The van der Waals surface area contributed by atoms with Crippen molar-refractivity contribution >= 4 is 25.2 Å². The van der Waals surface area contributed by atoms with Crippen LogP contribution in [0.5, 0.6) is 0 Å². The Morgan fingerprint density at radius 1 is 1.19 bits per heavy atom. The Morgan fingerprint density at radius 2 is 1.67 bits per heavy atom. The zero-order valence-electron chi connectivity index (χ0n) is 15.2. The fourth-order valence-electron chi connectivity index (χ4n) is 1.58. The molecule has 126 valence electrons. The van der Waals surface area contributed by atoms with Gasteiger partial charge >= 0.3 is 0 Å². The summed E-state index contributed by atoms with van der Waals surface area (Å²) in [5, 5.41) is 10.3. The van der Waals surface area contributed by atoms with Crippen molar-refractivity contribution in [1.82, 2.24) is 0 Å². The lowest BCUT2D eigenvalue weighted by molar-refractivity contribution is -0.122. The van der Waals surface area contributed by atoms with E-state index in [0.29, 0.717) is 6.42 Å². The van der Waals surface area contributed by atoms with E-state index >= 15 is 0 Å². The smallest absolute Gasteiger partial charge is 0.219 e. The third kappa shape index (κ3) is 7.31. The molecule has 0 bridgehead atoms. The highest BCUT2D eigenvalue weighted by atomic mass is 32.2. The van der Waals surface area contributed by atoms with Crippen molar-refractivity contribution in [2.75, 3.05) is 0 Å². The van der Waals surface area contributed by atoms with Gasteiger partial charge in [-0.3, -0.25) is 4.79 Å². The van der Waals surface area contributed by atoms with Crippen LogP contribution in [0.25, 0.3) is 0 Å². The van der Waals surface area contributed by atoms with Gasteiger partial charge in [-0.15, -0.1) is 0 Å². The first-order valence-corrected chi connectivity index (χ1v) is 11.5. The van der Waals surface area contributed by atoms with Gasteiger partial charge in [0.1, 0.15) is 6.10 Å². The van der Waals surface area contributed by atoms with Crippen LogP contribution in [0.2, 0.25) is 18.1 Å². The van der Waals surface area contributed by atoms with E-state index in [1.165, 1.54) is 11.8 Å². The summed E-state index contributed by atoms with van der Waals surface area (Å²) in [4.78, 5) is 12.6. The molecule has 0 rings (SSSR count). The molecule has 2 atom stereocenters. The van der Waals surface area contributed by atoms with E-state index in [1.807, 2.05) is 27.7 Å². The third-order valence-electron chi connectivity index (χ3n) is 3.80. The minimum Gasteiger partial charge on any atom is -0.404 e. The Labute approximate surface area is 136 Å². The summed E-state index contributed by atoms with van der Waals surface area (Å²) in [6.45, 7) is 18.7. The molecule has 0 heterocycles. The first-order chi connectivity index (χ1) is 9.21. The maximum atomic E-state index is 12.6. The van der Waals surface area contributed by atoms with E-state index < -0.39 is 20.5 Å². The second-order valence-electron chi connectivity index (χ2n) is 8.19. The van der Waals surface area contributed by atoms with Crippen molar-refractivity contribution in [3.8, 4) is 0 Å². The lowest BCUT2D eigenvalue weighted by Crippen LogP contribution is -2.49. The van der Waals surface area contributed by atoms with Gasteiger partial charge in [-0.1, -0.05) is 66.6 Å². The van der Waals surface area contributed by atoms with Gasteiger partial charge < -0.3 is 9.53 Å². The van der Waals surface area contributed by atoms with Crippen LogP contribution in [-0.2, 0) is 9.22 Å². The van der Waals surface area contributed by atoms with Crippen LogP contribution >= 0.6 is 11.8 Å². The molecule has 0 aromatic rings. The summed E-state index contributed by atoms with van der Waals surface area (Å²) in [7, 11) is -2.09. The van der Waals surface area contributed by atoms with Gasteiger partial charge in [-0.05, 0) is 24.6 Å². The van der Waals surface area contributed by atoms with Crippen molar-refractivity contribution in [3.63, 3.8) is 0 Å². The molecule has 0 unspecified atom stereocenters. The molecule has 0 saturated carbocycles. The van der Waals surface area contributed by atoms with Gasteiger partial charge in [0.05, 0.1) is 6.10 Å². The van der Waals surface area contributed by atoms with Gasteiger partial charge in [0.2, 0.25) is 5.12 Å². The fraction of sp³-hybridized carbons (Fsp3) is 0.938. The average Bonchev–Trinajstić information content (AvgIpc) is 2.21. The van der Waals surface area contributed by atoms with Crippen molar-refractivity contribution in [2.45, 2.75) is 96.4 Å². The molecule has 0 radical (unpaired) electrons. The summed E-state index contributed by atoms with van der Waals surface area (Å²) in [6, 6.07) is 0. The van der Waals surface area contributed by atoms with E-state index in [1.54, 1.807) is 0 Å². The molecule has 0 aliphatic heterocycles. The Hall–Kier alpha value is 0.157. The maximum Gasteiger partial charge on any atom is 0.219 e. The van der Waals surface area contributed by atoms with E-state index in [0.717, 1.165) is 6.42 Å². The van der Waals surface area contributed by atoms with E-state index in [9.17, 15) is 9.90 Å². The molecule has 1 N–H and O–H groups in total. The van der Waals surface area contributed by atoms with Crippen LogP contribution in [0.3, 0.4) is 0 Å². The highest BCUT2D eigenvalue weighted by molar-refractivity contribution is 8.14. The molecule has 0 amide bonds. The van der Waals surface area contributed by atoms with Crippen LogP contribution in [0.1, 0.15) is 61.3 Å². The number of hydrogen-bond acceptors (Lipinski definition) is 4. The van der Waals surface area contributed by atoms with Gasteiger partial charge in [-0.2, -0.15) is 0 Å². The van der Waals surface area contributed by atoms with Crippen LogP contribution in [0.4, 0.5) is 0 Å². The van der Waals surface area contributed by atoms with Crippen molar-refractivity contribution < 1.29 is 14.3 Å². The van der Waals surface area contributed by atoms with E-state index in [4.69, 9.17) is 4.43 Å². The number of carbonyl (C=O) groups excluding carboxylic acids is 1. The standard InChI is InChI=1S/C16H34O3SSi/c1-10-11-12(17)13(14(18)20-15(2,3)4)19-21(8,9)16(5,6)7/h12-13,17H,10-11H2,1-9H3/t12-,13-/m0/s1. The molecular weight excluding hydrogens is 300 g/mol. The van der Waals surface area contributed by atoms with Crippen molar-refractivity contribution in [1.29, 1.82) is 0 Å². The molecule has 0 aliphatic rings. The van der Waals surface area contributed by atoms with Gasteiger partial charge in [0, 0.05) is 4.75 Å². The Kier molecular flexibility index (Phi) is 7.68. The molecular formula is C16H34O3SSi. The Bertz CT molecular complexity index is 342. The summed E-state index contributed by atoms with van der Waals surface area (Å²) >= 11 is 1.27. The average molecular weight is 335 g/mol. The largest absolute Gasteiger partial charge is 0.404 e. The topological polar surface area (TPSA) is 46.5 Å². The Morgan fingerprint density at radius 3 is 2.00 bits per heavy atom. The second-order valence-corrected chi connectivity index (χ2v) is 14.8. The highest BCUT2D eigenvalue weighted by Crippen LogP contribution is 2.39. The minimum absolute atomic E-state index is 0.0177. The van der Waals surface area contributed by atoms with Crippen molar-refractivity contribution in [2.24, 2.45) is 0 Å². The monoisotopic (exact) mass is 334 g/mol. The molecule has 3 nitrogen and oxygen atoms in total. The predicted molar refractivity (Wildman–Crippen MR) is 95.3 cm³/mol.